The molecule has 2 unspecified atom stereocenters. The molecule has 4 saturated heterocycles. The maximum absolute atomic E-state index is 11.0. The Bertz CT molecular complexity index is 436. The fourth-order valence-electron chi connectivity index (χ4n) is 5.79. The first-order valence-electron chi connectivity index (χ1n) is 7.02. The standard InChI is InChI=1S/C14H21NO4.Na/c1-12-5-13(2)7-14(3,6-12)11-18-9(12)15(4-8(16)17)10(13)19-11;/h9-11H,4-7H2,1-3H3,(H,16,17);/q;+1/p-1/t9-,10+,11?,12+,13-,14?;. The topological polar surface area (TPSA) is 61.8 Å². The van der Waals surface area contributed by atoms with Gasteiger partial charge in [0.25, 0.3) is 0 Å². The van der Waals surface area contributed by atoms with E-state index in [1.54, 1.807) is 0 Å². The average molecular weight is 289 g/mol. The van der Waals surface area contributed by atoms with E-state index in [2.05, 4.69) is 20.8 Å². The van der Waals surface area contributed by atoms with Gasteiger partial charge in [0.2, 0.25) is 0 Å². The first-order chi connectivity index (χ1) is 8.76. The van der Waals surface area contributed by atoms with E-state index in [9.17, 15) is 9.90 Å². The van der Waals surface area contributed by atoms with Gasteiger partial charge in [-0.15, -0.1) is 0 Å². The summed E-state index contributed by atoms with van der Waals surface area (Å²) in [5, 5.41) is 11.0. The molecular weight excluding hydrogens is 269 g/mol. The molecule has 0 aromatic rings. The largest absolute Gasteiger partial charge is 1.00 e. The molecule has 0 N–H and O–H groups in total. The van der Waals surface area contributed by atoms with Crippen molar-refractivity contribution in [3.63, 3.8) is 0 Å². The Hall–Kier alpha value is 0.350. The van der Waals surface area contributed by atoms with Crippen LogP contribution in [-0.2, 0) is 14.3 Å². The number of nitrogens with zero attached hydrogens (tertiary/aromatic N) is 1. The molecule has 1 saturated carbocycles. The third kappa shape index (κ3) is 1.74. The van der Waals surface area contributed by atoms with Gasteiger partial charge in [-0.2, -0.15) is 0 Å². The van der Waals surface area contributed by atoms with Crippen molar-refractivity contribution in [1.82, 2.24) is 4.90 Å². The van der Waals surface area contributed by atoms with Crippen LogP contribution in [0.3, 0.4) is 0 Å². The average Bonchev–Trinajstić information content (AvgIpc) is 2.23. The summed E-state index contributed by atoms with van der Waals surface area (Å²) in [5.74, 6) is -1.06. The second-order valence-corrected chi connectivity index (χ2v) is 7.85. The van der Waals surface area contributed by atoms with Crippen molar-refractivity contribution in [3.8, 4) is 0 Å². The van der Waals surface area contributed by atoms with E-state index >= 15 is 0 Å². The number of aliphatic carboxylic acids is 1. The van der Waals surface area contributed by atoms with E-state index in [1.165, 1.54) is 0 Å². The molecule has 4 aliphatic heterocycles. The summed E-state index contributed by atoms with van der Waals surface area (Å²) in [5.41, 5.74) is 0.115. The predicted molar refractivity (Wildman–Crippen MR) is 63.4 cm³/mol. The Balaban J connectivity index is 0.00000121. The van der Waals surface area contributed by atoms with Crippen LogP contribution in [0.1, 0.15) is 40.0 Å². The molecule has 6 bridgehead atoms. The number of carboxylic acids is 1. The van der Waals surface area contributed by atoms with Crippen LogP contribution in [0.4, 0.5) is 0 Å². The van der Waals surface area contributed by atoms with Gasteiger partial charge in [-0.25, -0.2) is 4.90 Å². The van der Waals surface area contributed by atoms with Gasteiger partial charge < -0.3 is 19.4 Å². The van der Waals surface area contributed by atoms with Gasteiger partial charge in [0.05, 0.1) is 5.97 Å². The van der Waals surface area contributed by atoms with Gasteiger partial charge in [0.1, 0.15) is 12.5 Å². The van der Waals surface area contributed by atoms with Crippen LogP contribution in [0.5, 0.6) is 0 Å². The number of carbonyl (C=O) groups excluding carboxylic acids is 1. The van der Waals surface area contributed by atoms with Crippen molar-refractivity contribution in [3.05, 3.63) is 0 Å². The van der Waals surface area contributed by atoms with Crippen molar-refractivity contribution in [2.45, 2.75) is 58.8 Å². The summed E-state index contributed by atoms with van der Waals surface area (Å²) in [6.07, 6.45) is 2.66. The molecule has 20 heavy (non-hydrogen) atoms. The Kier molecular flexibility index (Phi) is 3.21. The van der Waals surface area contributed by atoms with Crippen LogP contribution >= 0.6 is 0 Å². The summed E-state index contributed by atoms with van der Waals surface area (Å²) in [6.45, 7) is 6.60. The number of rotatable bonds is 2. The first kappa shape index (κ1) is 15.3. The zero-order valence-electron chi connectivity index (χ0n) is 12.6. The fourth-order valence-corrected chi connectivity index (χ4v) is 5.79. The second-order valence-electron chi connectivity index (χ2n) is 7.85. The Morgan fingerprint density at radius 1 is 1.10 bits per heavy atom. The Labute approximate surface area is 141 Å². The van der Waals surface area contributed by atoms with Crippen molar-refractivity contribution in [2.75, 3.05) is 6.54 Å². The van der Waals surface area contributed by atoms with E-state index < -0.39 is 5.97 Å². The van der Waals surface area contributed by atoms with Crippen LogP contribution < -0.4 is 34.7 Å². The molecule has 6 atom stereocenters. The SMILES string of the molecule is CC12C[C@@]3(C)C[C@@](C)(C1)[C@H]1OC2O[C@@H]3N1CC(=O)[O-].[Na+]. The van der Waals surface area contributed by atoms with Crippen molar-refractivity contribution in [2.24, 2.45) is 16.2 Å². The van der Waals surface area contributed by atoms with Crippen molar-refractivity contribution < 1.29 is 48.9 Å². The van der Waals surface area contributed by atoms with Gasteiger partial charge in [-0.05, 0) is 19.3 Å². The summed E-state index contributed by atoms with van der Waals surface area (Å²) < 4.78 is 12.2. The minimum absolute atomic E-state index is 0. The third-order valence-electron chi connectivity index (χ3n) is 5.60. The summed E-state index contributed by atoms with van der Waals surface area (Å²) in [6, 6.07) is 0. The normalized spacial score (nSPS) is 55.9. The molecule has 0 amide bonds. The smallest absolute Gasteiger partial charge is 0.549 e. The first-order valence-corrected chi connectivity index (χ1v) is 7.02. The van der Waals surface area contributed by atoms with Crippen LogP contribution in [-0.4, -0.2) is 36.2 Å². The number of carboxylic acid groups (broad SMARTS) is 1. The molecule has 5 nitrogen and oxygen atoms in total. The number of carbonyl (C=O) groups is 1. The Morgan fingerprint density at radius 2 is 1.55 bits per heavy atom. The molecule has 4 heterocycles. The van der Waals surface area contributed by atoms with Gasteiger partial charge in [0.15, 0.2) is 6.29 Å². The van der Waals surface area contributed by atoms with Gasteiger partial charge in [0, 0.05) is 22.8 Å². The number of piperidine rings is 1. The monoisotopic (exact) mass is 289 g/mol. The maximum Gasteiger partial charge on any atom is 1.00 e. The maximum atomic E-state index is 11.0. The molecule has 1 aliphatic carbocycles. The molecule has 0 aromatic carbocycles. The molecule has 6 heteroatoms. The molecule has 0 aromatic heterocycles. The van der Waals surface area contributed by atoms with Gasteiger partial charge in [-0.3, -0.25) is 0 Å². The summed E-state index contributed by atoms with van der Waals surface area (Å²) in [7, 11) is 0. The minimum atomic E-state index is -1.06. The van der Waals surface area contributed by atoms with Crippen molar-refractivity contribution in [1.29, 1.82) is 0 Å². The molecule has 5 rings (SSSR count). The second kappa shape index (κ2) is 4.21. The number of hydrogen-bond acceptors (Lipinski definition) is 5. The van der Waals surface area contributed by atoms with E-state index in [4.69, 9.17) is 9.47 Å². The van der Waals surface area contributed by atoms with Crippen LogP contribution in [0.2, 0.25) is 0 Å². The minimum Gasteiger partial charge on any atom is -0.549 e. The molecule has 106 valence electrons. The zero-order chi connectivity index (χ0) is 13.6. The molecule has 0 radical (unpaired) electrons. The zero-order valence-corrected chi connectivity index (χ0v) is 14.6. The van der Waals surface area contributed by atoms with E-state index in [-0.39, 0.29) is 71.1 Å². The van der Waals surface area contributed by atoms with Crippen LogP contribution in [0, 0.1) is 16.2 Å². The third-order valence-corrected chi connectivity index (χ3v) is 5.60. The van der Waals surface area contributed by atoms with E-state index in [0.29, 0.717) is 0 Å². The van der Waals surface area contributed by atoms with Crippen LogP contribution in [0.25, 0.3) is 0 Å². The van der Waals surface area contributed by atoms with E-state index in [0.717, 1.165) is 19.3 Å². The molecular formula is C14H20NNaO4. The van der Waals surface area contributed by atoms with Crippen molar-refractivity contribution >= 4 is 5.97 Å². The quantitative estimate of drug-likeness (QED) is 0.518. The van der Waals surface area contributed by atoms with Gasteiger partial charge >= 0.3 is 29.6 Å². The molecule has 0 spiro atoms. The Morgan fingerprint density at radius 3 is 2.00 bits per heavy atom. The fraction of sp³-hybridized carbons (Fsp3) is 0.929. The molecule has 5 aliphatic rings. The molecule has 5 fully saturated rings. The van der Waals surface area contributed by atoms with Gasteiger partial charge in [-0.1, -0.05) is 20.8 Å². The predicted octanol–water partition coefficient (Wildman–Crippen LogP) is -2.70. The number of hydrogen-bond donors (Lipinski definition) is 0. The van der Waals surface area contributed by atoms with E-state index in [1.807, 2.05) is 4.90 Å². The summed E-state index contributed by atoms with van der Waals surface area (Å²) >= 11 is 0. The van der Waals surface area contributed by atoms with Crippen LogP contribution in [0.15, 0.2) is 0 Å². The number of ether oxygens (including phenoxy) is 2. The summed E-state index contributed by atoms with van der Waals surface area (Å²) in [4.78, 5) is 12.9.